The van der Waals surface area contributed by atoms with Crippen LogP contribution in [0.2, 0.25) is 0 Å². The molecule has 2 aliphatic rings. The van der Waals surface area contributed by atoms with E-state index in [1.54, 1.807) is 4.52 Å². The van der Waals surface area contributed by atoms with Gasteiger partial charge in [-0.3, -0.25) is 0 Å². The molecule has 0 fully saturated rings. The third-order valence-electron chi connectivity index (χ3n) is 6.10. The molecular formula is C20H16B4N4O3S. The molecule has 0 atom stereocenters. The molecule has 0 bridgehead atoms. The number of fused-ring (bicyclic) bond motifs is 2. The van der Waals surface area contributed by atoms with Gasteiger partial charge in [0.1, 0.15) is 27.8 Å². The molecule has 0 amide bonds. The Morgan fingerprint density at radius 3 is 2.66 bits per heavy atom. The normalized spacial score (nSPS) is 20.0. The standard InChI is InChI=1S/C20H16B4N4O3S/c1-12-8-18-25-11-26-28(18)10-15(12)13-4-6-27(7-5-13)32(29,30)14-2-3-17-16(9-14)19(21,22)20(23,24)31-17/h2-4,8-11H,5-7H2,1H3. The summed E-state index contributed by atoms with van der Waals surface area (Å²) < 4.78 is 35.1. The first kappa shape index (κ1) is 21.4. The van der Waals surface area contributed by atoms with Crippen LogP contribution >= 0.6 is 0 Å². The zero-order valence-electron chi connectivity index (χ0n) is 17.4. The molecule has 0 aliphatic carbocycles. The highest BCUT2D eigenvalue weighted by Gasteiger charge is 2.46. The first-order valence-corrected chi connectivity index (χ1v) is 11.4. The fourth-order valence-electron chi connectivity index (χ4n) is 4.11. The molecule has 7 nitrogen and oxygen atoms in total. The number of rotatable bonds is 3. The molecular weight excluding hydrogens is 420 g/mol. The van der Waals surface area contributed by atoms with E-state index in [1.165, 1.54) is 28.8 Å². The molecule has 4 heterocycles. The van der Waals surface area contributed by atoms with Crippen LogP contribution in [0.15, 0.2) is 47.8 Å². The van der Waals surface area contributed by atoms with E-state index in [-0.39, 0.29) is 22.8 Å². The van der Waals surface area contributed by atoms with Crippen LogP contribution in [0.5, 0.6) is 5.75 Å². The Morgan fingerprint density at radius 1 is 1.16 bits per heavy atom. The van der Waals surface area contributed by atoms with Crippen LogP contribution in [-0.2, 0) is 15.2 Å². The Hall–Kier alpha value is -2.45. The largest absolute Gasteiger partial charge is 0.507 e. The van der Waals surface area contributed by atoms with Crippen LogP contribution in [0.3, 0.4) is 0 Å². The Labute approximate surface area is 191 Å². The van der Waals surface area contributed by atoms with Crippen molar-refractivity contribution in [2.75, 3.05) is 13.1 Å². The zero-order chi connectivity index (χ0) is 22.9. The molecule has 0 saturated carbocycles. The summed E-state index contributed by atoms with van der Waals surface area (Å²) in [5.41, 5.74) is 4.15. The lowest BCUT2D eigenvalue weighted by Gasteiger charge is -2.36. The summed E-state index contributed by atoms with van der Waals surface area (Å²) in [7, 11) is 20.0. The first-order chi connectivity index (χ1) is 15.0. The lowest BCUT2D eigenvalue weighted by molar-refractivity contribution is 0.258. The van der Waals surface area contributed by atoms with Gasteiger partial charge < -0.3 is 4.74 Å². The van der Waals surface area contributed by atoms with Crippen molar-refractivity contribution in [3.63, 3.8) is 0 Å². The summed E-state index contributed by atoms with van der Waals surface area (Å²) in [4.78, 5) is 4.24. The van der Waals surface area contributed by atoms with Gasteiger partial charge in [-0.05, 0) is 59.9 Å². The number of hydrogen-bond acceptors (Lipinski definition) is 5. The van der Waals surface area contributed by atoms with Gasteiger partial charge in [-0.1, -0.05) is 11.3 Å². The second kappa shape index (κ2) is 7.02. The second-order valence-electron chi connectivity index (χ2n) is 8.20. The van der Waals surface area contributed by atoms with Crippen LogP contribution in [0.4, 0.5) is 0 Å². The molecule has 32 heavy (non-hydrogen) atoms. The third kappa shape index (κ3) is 3.15. The van der Waals surface area contributed by atoms with Gasteiger partial charge in [-0.25, -0.2) is 17.9 Å². The smallest absolute Gasteiger partial charge is 0.243 e. The summed E-state index contributed by atoms with van der Waals surface area (Å²) in [6.45, 7) is 2.56. The van der Waals surface area contributed by atoms with E-state index in [0.29, 0.717) is 13.0 Å². The fraction of sp³-hybridized carbons (Fsp3) is 0.300. The van der Waals surface area contributed by atoms with Crippen molar-refractivity contribution in [2.45, 2.75) is 28.9 Å². The van der Waals surface area contributed by atoms with E-state index >= 15 is 0 Å². The predicted octanol–water partition coefficient (Wildman–Crippen LogP) is 0.389. The minimum absolute atomic E-state index is 0.0508. The number of hydrogen-bond donors (Lipinski definition) is 0. The van der Waals surface area contributed by atoms with Gasteiger partial charge in [-0.15, -0.1) is 0 Å². The van der Waals surface area contributed by atoms with Crippen molar-refractivity contribution in [1.29, 1.82) is 0 Å². The van der Waals surface area contributed by atoms with Crippen molar-refractivity contribution in [3.8, 4) is 5.75 Å². The molecule has 0 N–H and O–H groups in total. The Balaban J connectivity index is 1.43. The lowest BCUT2D eigenvalue weighted by atomic mass is 9.34. The number of aryl methyl sites for hydroxylation is 1. The molecule has 12 heteroatoms. The Bertz CT molecular complexity index is 1380. The maximum absolute atomic E-state index is 13.3. The van der Waals surface area contributed by atoms with Gasteiger partial charge in [-0.2, -0.15) is 9.40 Å². The van der Waals surface area contributed by atoms with Gasteiger partial charge in [0.25, 0.3) is 0 Å². The average Bonchev–Trinajstić information content (AvgIpc) is 3.26. The zero-order valence-corrected chi connectivity index (χ0v) is 18.2. The topological polar surface area (TPSA) is 76.8 Å². The van der Waals surface area contributed by atoms with Crippen molar-refractivity contribution in [2.24, 2.45) is 0 Å². The number of ether oxygens (including phenoxy) is 1. The summed E-state index contributed by atoms with van der Waals surface area (Å²) in [5, 5.41) is 0.604. The van der Waals surface area contributed by atoms with E-state index in [9.17, 15) is 8.42 Å². The number of aromatic nitrogens is 3. The van der Waals surface area contributed by atoms with Gasteiger partial charge in [0.15, 0.2) is 5.65 Å². The van der Waals surface area contributed by atoms with Crippen LogP contribution in [0.25, 0.3) is 11.2 Å². The van der Waals surface area contributed by atoms with Gasteiger partial charge in [0.2, 0.25) is 10.0 Å². The second-order valence-corrected chi connectivity index (χ2v) is 10.1. The minimum atomic E-state index is -3.80. The Kier molecular flexibility index (Phi) is 4.70. The maximum atomic E-state index is 13.3. The fourth-order valence-corrected chi connectivity index (χ4v) is 5.52. The average molecular weight is 436 g/mol. The van der Waals surface area contributed by atoms with Crippen molar-refractivity contribution < 1.29 is 13.2 Å². The highest BCUT2D eigenvalue weighted by Crippen LogP contribution is 2.44. The third-order valence-corrected chi connectivity index (χ3v) is 7.96. The monoisotopic (exact) mass is 436 g/mol. The van der Waals surface area contributed by atoms with Crippen LogP contribution in [-0.4, -0.2) is 77.2 Å². The Morgan fingerprint density at radius 2 is 1.94 bits per heavy atom. The highest BCUT2D eigenvalue weighted by atomic mass is 32.2. The molecule has 152 valence electrons. The quantitative estimate of drug-likeness (QED) is 0.556. The summed E-state index contributed by atoms with van der Waals surface area (Å²) in [6, 6.07) is 6.25. The number of benzene rings is 1. The van der Waals surface area contributed by atoms with E-state index in [2.05, 4.69) is 10.1 Å². The summed E-state index contributed by atoms with van der Waals surface area (Å²) in [6.07, 6.45) is 5.90. The number of nitrogens with zero attached hydrogens (tertiary/aromatic N) is 4. The van der Waals surface area contributed by atoms with E-state index in [0.717, 1.165) is 22.3 Å². The molecule has 5 rings (SSSR count). The number of sulfonamides is 1. The van der Waals surface area contributed by atoms with Crippen molar-refractivity contribution in [1.82, 2.24) is 18.9 Å². The molecule has 0 unspecified atom stereocenters. The van der Waals surface area contributed by atoms with Crippen LogP contribution in [0.1, 0.15) is 23.1 Å². The van der Waals surface area contributed by atoms with Gasteiger partial charge in [0.05, 0.1) is 20.6 Å². The molecule has 0 saturated heterocycles. The molecule has 1 aromatic carbocycles. The highest BCUT2D eigenvalue weighted by molar-refractivity contribution is 7.89. The van der Waals surface area contributed by atoms with E-state index in [1.807, 2.05) is 25.3 Å². The molecule has 2 aromatic heterocycles. The van der Waals surface area contributed by atoms with Gasteiger partial charge in [0, 0.05) is 24.7 Å². The van der Waals surface area contributed by atoms with E-state index in [4.69, 9.17) is 36.1 Å². The van der Waals surface area contributed by atoms with Crippen molar-refractivity contribution >= 4 is 52.6 Å². The van der Waals surface area contributed by atoms with Gasteiger partial charge >= 0.3 is 0 Å². The van der Waals surface area contributed by atoms with Crippen molar-refractivity contribution in [3.05, 3.63) is 59.6 Å². The lowest BCUT2D eigenvalue weighted by Crippen LogP contribution is -2.53. The summed E-state index contributed by atoms with van der Waals surface area (Å²) in [5.74, 6) is 0.263. The molecule has 8 radical (unpaired) electrons. The van der Waals surface area contributed by atoms with Crippen LogP contribution in [0, 0.1) is 6.92 Å². The maximum Gasteiger partial charge on any atom is 0.243 e. The molecule has 3 aromatic rings. The first-order valence-electron chi connectivity index (χ1n) is 9.99. The SMILES string of the molecule is [B]C1([B])Oc2ccc(S(=O)(=O)N3CC=C(c4cn5ncnc5cc4C)CC3)cc2C1([B])[B]. The summed E-state index contributed by atoms with van der Waals surface area (Å²) >= 11 is 0. The van der Waals surface area contributed by atoms with Crippen LogP contribution < -0.4 is 4.74 Å². The molecule has 0 spiro atoms. The number of pyridine rings is 1. The van der Waals surface area contributed by atoms with E-state index < -0.39 is 20.6 Å². The molecule has 2 aliphatic heterocycles. The predicted molar refractivity (Wildman–Crippen MR) is 124 cm³/mol. The minimum Gasteiger partial charge on any atom is -0.507 e.